The summed E-state index contributed by atoms with van der Waals surface area (Å²) in [5.74, 6) is -0.482. The standard InChI is InChI=1S/C17H18FNO3/c18-14-5-3-12(4-6-14)16(15-2-1-11-22-15)19-9-7-13(8-10-19)17(20)21/h1-6,11,13,16H,7-10H2,(H,20,21). The molecule has 1 aliphatic heterocycles. The number of hydrogen-bond donors (Lipinski definition) is 1. The lowest BCUT2D eigenvalue weighted by atomic mass is 9.93. The van der Waals surface area contributed by atoms with Crippen LogP contribution in [0.3, 0.4) is 0 Å². The number of benzene rings is 1. The van der Waals surface area contributed by atoms with Crippen LogP contribution in [0.1, 0.15) is 30.2 Å². The Labute approximate surface area is 128 Å². The molecule has 0 bridgehead atoms. The van der Waals surface area contributed by atoms with E-state index in [2.05, 4.69) is 4.90 Å². The molecule has 1 saturated heterocycles. The summed E-state index contributed by atoms with van der Waals surface area (Å²) >= 11 is 0. The summed E-state index contributed by atoms with van der Waals surface area (Å²) in [6, 6.07) is 10.0. The average Bonchev–Trinajstić information content (AvgIpc) is 3.04. The SMILES string of the molecule is O=C(O)C1CCN(C(c2ccc(F)cc2)c2ccco2)CC1. The van der Waals surface area contributed by atoms with Gasteiger partial charge in [0, 0.05) is 0 Å². The Hall–Kier alpha value is -2.14. The summed E-state index contributed by atoms with van der Waals surface area (Å²) in [5.41, 5.74) is 0.949. The average molecular weight is 303 g/mol. The Morgan fingerprint density at radius 2 is 1.91 bits per heavy atom. The maximum absolute atomic E-state index is 13.2. The Balaban J connectivity index is 1.84. The molecule has 4 nitrogen and oxygen atoms in total. The zero-order valence-electron chi connectivity index (χ0n) is 12.1. The first kappa shape index (κ1) is 14.8. The van der Waals surface area contributed by atoms with Gasteiger partial charge in [0.15, 0.2) is 0 Å². The van der Waals surface area contributed by atoms with Gasteiger partial charge in [-0.1, -0.05) is 12.1 Å². The third kappa shape index (κ3) is 3.04. The largest absolute Gasteiger partial charge is 0.481 e. The number of carboxylic acid groups (broad SMARTS) is 1. The van der Waals surface area contributed by atoms with Crippen LogP contribution in [-0.4, -0.2) is 29.1 Å². The second kappa shape index (κ2) is 6.32. The minimum absolute atomic E-state index is 0.106. The normalized spacial score (nSPS) is 18.2. The third-order valence-corrected chi connectivity index (χ3v) is 4.24. The number of hydrogen-bond acceptors (Lipinski definition) is 3. The monoisotopic (exact) mass is 303 g/mol. The molecule has 0 aliphatic carbocycles. The number of likely N-dealkylation sites (tertiary alicyclic amines) is 1. The molecule has 2 aromatic rings. The molecule has 1 fully saturated rings. The summed E-state index contributed by atoms with van der Waals surface area (Å²) in [6.07, 6.45) is 2.86. The fraction of sp³-hybridized carbons (Fsp3) is 0.353. The number of carboxylic acids is 1. The zero-order chi connectivity index (χ0) is 15.5. The molecule has 1 aliphatic rings. The number of nitrogens with zero attached hydrogens (tertiary/aromatic N) is 1. The van der Waals surface area contributed by atoms with Crippen molar-refractivity contribution < 1.29 is 18.7 Å². The van der Waals surface area contributed by atoms with Crippen LogP contribution in [0.5, 0.6) is 0 Å². The van der Waals surface area contributed by atoms with Crippen molar-refractivity contribution in [2.24, 2.45) is 5.92 Å². The smallest absolute Gasteiger partial charge is 0.306 e. The molecule has 0 spiro atoms. The number of carbonyl (C=O) groups is 1. The van der Waals surface area contributed by atoms with Crippen molar-refractivity contribution >= 4 is 5.97 Å². The molecule has 0 radical (unpaired) electrons. The molecule has 1 N–H and O–H groups in total. The summed E-state index contributed by atoms with van der Waals surface area (Å²) in [5, 5.41) is 9.12. The maximum Gasteiger partial charge on any atom is 0.306 e. The fourth-order valence-corrected chi connectivity index (χ4v) is 3.05. The van der Waals surface area contributed by atoms with Gasteiger partial charge in [0.05, 0.1) is 18.2 Å². The highest BCUT2D eigenvalue weighted by Crippen LogP contribution is 2.32. The summed E-state index contributed by atoms with van der Waals surface area (Å²) < 4.78 is 18.7. The van der Waals surface area contributed by atoms with E-state index in [1.807, 2.05) is 12.1 Å². The maximum atomic E-state index is 13.2. The highest BCUT2D eigenvalue weighted by atomic mass is 19.1. The van der Waals surface area contributed by atoms with Gasteiger partial charge in [-0.05, 0) is 55.8 Å². The first-order valence-corrected chi connectivity index (χ1v) is 7.41. The number of rotatable bonds is 4. The van der Waals surface area contributed by atoms with E-state index in [0.717, 1.165) is 11.3 Å². The van der Waals surface area contributed by atoms with Crippen molar-refractivity contribution in [3.63, 3.8) is 0 Å². The first-order valence-electron chi connectivity index (χ1n) is 7.41. The lowest BCUT2D eigenvalue weighted by molar-refractivity contribution is -0.143. The van der Waals surface area contributed by atoms with E-state index in [9.17, 15) is 9.18 Å². The number of aliphatic carboxylic acids is 1. The van der Waals surface area contributed by atoms with Crippen LogP contribution in [0.4, 0.5) is 4.39 Å². The van der Waals surface area contributed by atoms with Gasteiger partial charge in [0.25, 0.3) is 0 Å². The zero-order valence-corrected chi connectivity index (χ0v) is 12.1. The van der Waals surface area contributed by atoms with Crippen molar-refractivity contribution in [3.05, 3.63) is 59.8 Å². The highest BCUT2D eigenvalue weighted by molar-refractivity contribution is 5.70. The van der Waals surface area contributed by atoms with Crippen molar-refractivity contribution in [1.29, 1.82) is 0 Å². The van der Waals surface area contributed by atoms with E-state index in [1.54, 1.807) is 18.4 Å². The van der Waals surface area contributed by atoms with Gasteiger partial charge >= 0.3 is 5.97 Å². The van der Waals surface area contributed by atoms with Crippen LogP contribution in [-0.2, 0) is 4.79 Å². The van der Waals surface area contributed by atoms with Gasteiger partial charge in [0.1, 0.15) is 11.6 Å². The lowest BCUT2D eigenvalue weighted by Crippen LogP contribution is -2.39. The Morgan fingerprint density at radius 3 is 2.45 bits per heavy atom. The molecule has 2 heterocycles. The molecule has 0 saturated carbocycles. The molecule has 3 rings (SSSR count). The number of halogens is 1. The summed E-state index contributed by atoms with van der Waals surface area (Å²) in [4.78, 5) is 13.3. The molecule has 1 atom stereocenters. The Morgan fingerprint density at radius 1 is 1.23 bits per heavy atom. The van der Waals surface area contributed by atoms with Gasteiger partial charge in [-0.2, -0.15) is 0 Å². The van der Waals surface area contributed by atoms with E-state index in [4.69, 9.17) is 9.52 Å². The predicted octanol–water partition coefficient (Wildman–Crippen LogP) is 3.30. The second-order valence-electron chi connectivity index (χ2n) is 5.62. The van der Waals surface area contributed by atoms with E-state index in [-0.39, 0.29) is 17.8 Å². The summed E-state index contributed by atoms with van der Waals surface area (Å²) in [7, 11) is 0. The summed E-state index contributed by atoms with van der Waals surface area (Å²) in [6.45, 7) is 1.36. The molecule has 1 unspecified atom stereocenters. The van der Waals surface area contributed by atoms with Crippen LogP contribution >= 0.6 is 0 Å². The minimum Gasteiger partial charge on any atom is -0.481 e. The molecular formula is C17H18FNO3. The van der Waals surface area contributed by atoms with E-state index >= 15 is 0 Å². The van der Waals surface area contributed by atoms with Crippen LogP contribution in [0.15, 0.2) is 47.1 Å². The van der Waals surface area contributed by atoms with Crippen molar-refractivity contribution in [1.82, 2.24) is 4.90 Å². The van der Waals surface area contributed by atoms with E-state index in [1.165, 1.54) is 12.1 Å². The first-order chi connectivity index (χ1) is 10.6. The molecule has 1 aromatic carbocycles. The van der Waals surface area contributed by atoms with Crippen LogP contribution in [0.2, 0.25) is 0 Å². The van der Waals surface area contributed by atoms with Gasteiger partial charge in [-0.3, -0.25) is 9.69 Å². The van der Waals surface area contributed by atoms with Crippen LogP contribution < -0.4 is 0 Å². The third-order valence-electron chi connectivity index (χ3n) is 4.24. The molecular weight excluding hydrogens is 285 g/mol. The number of furan rings is 1. The van der Waals surface area contributed by atoms with Crippen LogP contribution in [0.25, 0.3) is 0 Å². The lowest BCUT2D eigenvalue weighted by Gasteiger charge is -2.35. The molecule has 22 heavy (non-hydrogen) atoms. The van der Waals surface area contributed by atoms with Gasteiger partial charge in [-0.15, -0.1) is 0 Å². The van der Waals surface area contributed by atoms with Gasteiger partial charge in [0.2, 0.25) is 0 Å². The number of piperidine rings is 1. The van der Waals surface area contributed by atoms with Crippen molar-refractivity contribution in [3.8, 4) is 0 Å². The molecule has 1 aromatic heterocycles. The molecule has 5 heteroatoms. The van der Waals surface area contributed by atoms with E-state index < -0.39 is 5.97 Å². The van der Waals surface area contributed by atoms with Gasteiger partial charge < -0.3 is 9.52 Å². The Bertz CT molecular complexity index is 616. The van der Waals surface area contributed by atoms with Crippen molar-refractivity contribution in [2.45, 2.75) is 18.9 Å². The highest BCUT2D eigenvalue weighted by Gasteiger charge is 2.31. The van der Waals surface area contributed by atoms with Crippen LogP contribution in [0, 0.1) is 11.7 Å². The van der Waals surface area contributed by atoms with Gasteiger partial charge in [-0.25, -0.2) is 4.39 Å². The quantitative estimate of drug-likeness (QED) is 0.941. The minimum atomic E-state index is -0.726. The fourth-order valence-electron chi connectivity index (χ4n) is 3.05. The van der Waals surface area contributed by atoms with E-state index in [0.29, 0.717) is 25.9 Å². The Kier molecular flexibility index (Phi) is 4.24. The molecule has 0 amide bonds. The van der Waals surface area contributed by atoms with Crippen molar-refractivity contribution in [2.75, 3.05) is 13.1 Å². The predicted molar refractivity (Wildman–Crippen MR) is 78.9 cm³/mol. The molecule has 116 valence electrons. The second-order valence-corrected chi connectivity index (χ2v) is 5.62. The topological polar surface area (TPSA) is 53.7 Å².